The van der Waals surface area contributed by atoms with Gasteiger partial charge in [-0.25, -0.2) is 9.97 Å². The van der Waals surface area contributed by atoms with Gasteiger partial charge >= 0.3 is 12.4 Å². The molecule has 1 amide bonds. The predicted molar refractivity (Wildman–Crippen MR) is 72.2 cm³/mol. The molecule has 0 aromatic carbocycles. The van der Waals surface area contributed by atoms with Crippen molar-refractivity contribution in [2.24, 2.45) is 0 Å². The number of thiazole rings is 1. The molecule has 130 valence electrons. The van der Waals surface area contributed by atoms with E-state index >= 15 is 0 Å². The van der Waals surface area contributed by atoms with Crippen molar-refractivity contribution >= 4 is 23.1 Å². The SMILES string of the molecule is Cc1nc(C(F)(F)F)c(C(=O)NNc2cccc(C(F)(F)F)n2)s1. The van der Waals surface area contributed by atoms with Gasteiger partial charge in [-0.15, -0.1) is 11.3 Å². The van der Waals surface area contributed by atoms with Crippen LogP contribution < -0.4 is 10.9 Å². The number of halogens is 6. The summed E-state index contributed by atoms with van der Waals surface area (Å²) in [6.07, 6.45) is -9.52. The number of alkyl halides is 6. The van der Waals surface area contributed by atoms with Gasteiger partial charge < -0.3 is 0 Å². The van der Waals surface area contributed by atoms with Crippen LogP contribution in [0.5, 0.6) is 0 Å². The normalized spacial score (nSPS) is 12.1. The van der Waals surface area contributed by atoms with Crippen molar-refractivity contribution in [1.82, 2.24) is 15.4 Å². The summed E-state index contributed by atoms with van der Waals surface area (Å²) in [7, 11) is 0. The van der Waals surface area contributed by atoms with Gasteiger partial charge in [0.15, 0.2) is 5.69 Å². The number of anilines is 1. The summed E-state index contributed by atoms with van der Waals surface area (Å²) in [5.74, 6) is -1.57. The number of hydrogen-bond donors (Lipinski definition) is 2. The van der Waals surface area contributed by atoms with Crippen molar-refractivity contribution in [3.05, 3.63) is 39.5 Å². The topological polar surface area (TPSA) is 66.9 Å². The second kappa shape index (κ2) is 6.26. The van der Waals surface area contributed by atoms with Gasteiger partial charge in [0.2, 0.25) is 0 Å². The van der Waals surface area contributed by atoms with Gasteiger partial charge in [-0.2, -0.15) is 26.3 Å². The van der Waals surface area contributed by atoms with Crippen molar-refractivity contribution in [1.29, 1.82) is 0 Å². The monoisotopic (exact) mass is 370 g/mol. The van der Waals surface area contributed by atoms with Gasteiger partial charge in [0.25, 0.3) is 5.91 Å². The smallest absolute Gasteiger partial charge is 0.282 e. The Kier molecular flexibility index (Phi) is 4.69. The maximum Gasteiger partial charge on any atom is 0.435 e. The zero-order chi connectivity index (χ0) is 18.1. The van der Waals surface area contributed by atoms with Crippen LogP contribution in [-0.4, -0.2) is 15.9 Å². The van der Waals surface area contributed by atoms with Gasteiger partial charge in [-0.3, -0.25) is 15.6 Å². The molecule has 2 aromatic heterocycles. The largest absolute Gasteiger partial charge is 0.435 e. The molecule has 2 aromatic rings. The average molecular weight is 370 g/mol. The Hall–Kier alpha value is -2.37. The summed E-state index contributed by atoms with van der Waals surface area (Å²) in [6.45, 7) is 1.29. The van der Waals surface area contributed by atoms with Crippen LogP contribution in [0.15, 0.2) is 18.2 Å². The fraction of sp³-hybridized carbons (Fsp3) is 0.250. The lowest BCUT2D eigenvalue weighted by Crippen LogP contribution is -2.31. The molecule has 2 heterocycles. The first-order valence-electron chi connectivity index (χ1n) is 6.13. The number of rotatable bonds is 3. The van der Waals surface area contributed by atoms with E-state index in [1.165, 1.54) is 6.92 Å². The molecule has 0 atom stereocenters. The van der Waals surface area contributed by atoms with Crippen LogP contribution in [-0.2, 0) is 12.4 Å². The summed E-state index contributed by atoms with van der Waals surface area (Å²) in [5, 5.41) is 0.0182. The van der Waals surface area contributed by atoms with E-state index in [1.54, 1.807) is 0 Å². The Morgan fingerprint density at radius 1 is 1.08 bits per heavy atom. The number of hydrazine groups is 1. The van der Waals surface area contributed by atoms with E-state index in [4.69, 9.17) is 0 Å². The molecule has 0 aliphatic carbocycles. The van der Waals surface area contributed by atoms with Gasteiger partial charge in [0.1, 0.15) is 16.4 Å². The lowest BCUT2D eigenvalue weighted by Gasteiger charge is -2.11. The quantitative estimate of drug-likeness (QED) is 0.640. The van der Waals surface area contributed by atoms with Gasteiger partial charge in [-0.05, 0) is 19.1 Å². The number of carbonyl (C=O) groups is 1. The van der Waals surface area contributed by atoms with E-state index in [0.29, 0.717) is 17.4 Å². The molecular formula is C12H8F6N4OS. The maximum atomic E-state index is 12.8. The molecule has 24 heavy (non-hydrogen) atoms. The van der Waals surface area contributed by atoms with Crippen molar-refractivity contribution in [2.75, 3.05) is 5.43 Å². The first-order valence-corrected chi connectivity index (χ1v) is 6.95. The minimum absolute atomic E-state index is 0.0182. The summed E-state index contributed by atoms with van der Waals surface area (Å²) in [5.41, 5.74) is 1.34. The van der Waals surface area contributed by atoms with E-state index in [9.17, 15) is 31.1 Å². The minimum atomic E-state index is -4.83. The highest BCUT2D eigenvalue weighted by Crippen LogP contribution is 2.34. The molecule has 0 saturated carbocycles. The zero-order valence-corrected chi connectivity index (χ0v) is 12.5. The molecule has 0 bridgehead atoms. The first kappa shape index (κ1) is 18.0. The second-order valence-corrected chi connectivity index (χ2v) is 5.60. The molecule has 12 heteroatoms. The second-order valence-electron chi connectivity index (χ2n) is 4.39. The van der Waals surface area contributed by atoms with Crippen molar-refractivity contribution in [3.63, 3.8) is 0 Å². The molecule has 0 radical (unpaired) electrons. The molecule has 0 unspecified atom stereocenters. The number of carbonyl (C=O) groups excluding carboxylic acids is 1. The van der Waals surface area contributed by atoms with Crippen molar-refractivity contribution in [3.8, 4) is 0 Å². The van der Waals surface area contributed by atoms with Crippen LogP contribution in [0.2, 0.25) is 0 Å². The summed E-state index contributed by atoms with van der Waals surface area (Å²) < 4.78 is 75.9. The Balaban J connectivity index is 2.15. The third-order valence-electron chi connectivity index (χ3n) is 2.55. The third kappa shape index (κ3) is 4.13. The minimum Gasteiger partial charge on any atom is -0.282 e. The number of pyridine rings is 1. The average Bonchev–Trinajstić information content (AvgIpc) is 2.86. The number of hydrogen-bond acceptors (Lipinski definition) is 5. The van der Waals surface area contributed by atoms with E-state index < -0.39 is 34.5 Å². The van der Waals surface area contributed by atoms with Gasteiger partial charge in [0.05, 0.1) is 5.01 Å². The molecule has 0 saturated heterocycles. The molecule has 2 N–H and O–H groups in total. The van der Waals surface area contributed by atoms with Crippen molar-refractivity contribution in [2.45, 2.75) is 19.3 Å². The molecule has 5 nitrogen and oxygen atoms in total. The molecule has 2 rings (SSSR count). The highest BCUT2D eigenvalue weighted by atomic mass is 32.1. The van der Waals surface area contributed by atoms with Gasteiger partial charge in [-0.1, -0.05) is 6.07 Å². The van der Waals surface area contributed by atoms with E-state index in [1.807, 2.05) is 10.9 Å². The number of nitrogens with one attached hydrogen (secondary N) is 2. The summed E-state index contributed by atoms with van der Waals surface area (Å²) in [4.78, 5) is 17.6. The van der Waals surface area contributed by atoms with Crippen molar-refractivity contribution < 1.29 is 31.1 Å². The van der Waals surface area contributed by atoms with E-state index in [-0.39, 0.29) is 10.8 Å². The fourth-order valence-corrected chi connectivity index (χ4v) is 2.45. The lowest BCUT2D eigenvalue weighted by atomic mass is 10.3. The van der Waals surface area contributed by atoms with E-state index in [2.05, 4.69) is 9.97 Å². The lowest BCUT2D eigenvalue weighted by molar-refractivity contribution is -0.141. The van der Waals surface area contributed by atoms with Crippen LogP contribution >= 0.6 is 11.3 Å². The first-order chi connectivity index (χ1) is 11.0. The Bertz CT molecular complexity index is 755. The van der Waals surface area contributed by atoms with Crippen LogP contribution in [0.1, 0.15) is 26.1 Å². The summed E-state index contributed by atoms with van der Waals surface area (Å²) in [6, 6.07) is 2.85. The number of nitrogens with zero attached hydrogens (tertiary/aromatic N) is 2. The fourth-order valence-electron chi connectivity index (χ4n) is 1.61. The zero-order valence-electron chi connectivity index (χ0n) is 11.7. The number of amides is 1. The molecule has 0 aliphatic rings. The number of aromatic nitrogens is 2. The highest BCUT2D eigenvalue weighted by Gasteiger charge is 2.39. The van der Waals surface area contributed by atoms with Gasteiger partial charge in [0, 0.05) is 0 Å². The Morgan fingerprint density at radius 2 is 1.75 bits per heavy atom. The number of aryl methyl sites for hydroxylation is 1. The van der Waals surface area contributed by atoms with Crippen LogP contribution in [0, 0.1) is 6.92 Å². The molecular weight excluding hydrogens is 362 g/mol. The molecule has 0 aliphatic heterocycles. The molecule has 0 spiro atoms. The predicted octanol–water partition coefficient (Wildman–Crippen LogP) is 3.64. The highest BCUT2D eigenvalue weighted by molar-refractivity contribution is 7.13. The van der Waals surface area contributed by atoms with Crippen LogP contribution in [0.25, 0.3) is 0 Å². The Labute approximate surface area is 134 Å². The van der Waals surface area contributed by atoms with E-state index in [0.717, 1.165) is 12.1 Å². The van der Waals surface area contributed by atoms with Crippen LogP contribution in [0.3, 0.4) is 0 Å². The van der Waals surface area contributed by atoms with Crippen LogP contribution in [0.4, 0.5) is 32.2 Å². The standard InChI is InChI=1S/C12H8F6N4OS/c1-5-19-9(12(16,17)18)8(24-5)10(23)22-21-7-4-2-3-6(20-7)11(13,14)15/h2-4H,1H3,(H,20,21)(H,22,23). The molecule has 0 fully saturated rings. The maximum absolute atomic E-state index is 12.8. The third-order valence-corrected chi connectivity index (χ3v) is 3.52. The summed E-state index contributed by atoms with van der Waals surface area (Å²) >= 11 is 0.508. The Morgan fingerprint density at radius 3 is 2.33 bits per heavy atom.